The molecule has 5 nitrogen and oxygen atoms in total. The molecule has 0 radical (unpaired) electrons. The minimum absolute atomic E-state index is 0. The second kappa shape index (κ2) is 9.03. The molecule has 0 aliphatic carbocycles. The number of halogens is 2. The molecule has 0 spiro atoms. The van der Waals surface area contributed by atoms with Crippen molar-refractivity contribution in [1.82, 2.24) is 14.8 Å². The van der Waals surface area contributed by atoms with Crippen molar-refractivity contribution < 1.29 is 4.79 Å². The number of aryl methyl sites for hydroxylation is 1. The molecule has 128 valence electrons. The maximum absolute atomic E-state index is 12.1. The lowest BCUT2D eigenvalue weighted by molar-refractivity contribution is -0.137. The summed E-state index contributed by atoms with van der Waals surface area (Å²) in [6.45, 7) is 9.83. The molecule has 1 aromatic rings. The molecular weight excluding hydrogens is 343 g/mol. The van der Waals surface area contributed by atoms with Gasteiger partial charge >= 0.3 is 0 Å². The number of amides is 1. The fourth-order valence-electron chi connectivity index (χ4n) is 2.33. The van der Waals surface area contributed by atoms with Gasteiger partial charge in [-0.3, -0.25) is 9.69 Å². The number of piperazine rings is 1. The van der Waals surface area contributed by atoms with Crippen LogP contribution in [0.1, 0.15) is 31.5 Å². The van der Waals surface area contributed by atoms with Crippen LogP contribution in [0.5, 0.6) is 0 Å². The van der Waals surface area contributed by atoms with Crippen LogP contribution in [-0.2, 0) is 17.8 Å². The highest BCUT2D eigenvalue weighted by atomic mass is 35.5. The third-order valence-corrected chi connectivity index (χ3v) is 4.54. The van der Waals surface area contributed by atoms with Gasteiger partial charge in [-0.2, -0.15) is 0 Å². The van der Waals surface area contributed by atoms with Gasteiger partial charge in [-0.05, 0) is 20.3 Å². The van der Waals surface area contributed by atoms with Crippen LogP contribution in [-0.4, -0.2) is 52.4 Å². The van der Waals surface area contributed by atoms with E-state index in [-0.39, 0.29) is 30.7 Å². The van der Waals surface area contributed by atoms with E-state index in [9.17, 15) is 4.79 Å². The molecule has 1 amide bonds. The molecule has 1 fully saturated rings. The van der Waals surface area contributed by atoms with Crippen molar-refractivity contribution in [2.45, 2.75) is 39.3 Å². The summed E-state index contributed by atoms with van der Waals surface area (Å²) in [7, 11) is 0. The van der Waals surface area contributed by atoms with Crippen molar-refractivity contribution in [2.24, 2.45) is 5.73 Å². The fraction of sp³-hybridized carbons (Fsp3) is 0.714. The second-order valence-corrected chi connectivity index (χ2v) is 6.82. The SMILES string of the molecule is CCc1nc(CN2CCN(C(=O)C(C)(C)N)CC2)cs1.Cl.Cl. The molecule has 1 aliphatic rings. The highest BCUT2D eigenvalue weighted by Crippen LogP contribution is 2.14. The summed E-state index contributed by atoms with van der Waals surface area (Å²) >= 11 is 1.73. The van der Waals surface area contributed by atoms with Gasteiger partial charge in [0.25, 0.3) is 0 Å². The second-order valence-electron chi connectivity index (χ2n) is 5.88. The summed E-state index contributed by atoms with van der Waals surface area (Å²) in [5, 5.41) is 3.33. The number of thiazole rings is 1. The Labute approximate surface area is 149 Å². The molecule has 0 saturated carbocycles. The first-order valence-corrected chi connectivity index (χ1v) is 8.02. The Morgan fingerprint density at radius 1 is 1.32 bits per heavy atom. The number of carbonyl (C=O) groups excluding carboxylic acids is 1. The zero-order chi connectivity index (χ0) is 14.8. The van der Waals surface area contributed by atoms with Crippen LogP contribution in [0.15, 0.2) is 5.38 Å². The molecule has 0 aromatic carbocycles. The lowest BCUT2D eigenvalue weighted by Crippen LogP contribution is -2.56. The molecule has 1 aromatic heterocycles. The van der Waals surface area contributed by atoms with E-state index >= 15 is 0 Å². The van der Waals surface area contributed by atoms with Crippen LogP contribution < -0.4 is 5.73 Å². The highest BCUT2D eigenvalue weighted by molar-refractivity contribution is 7.09. The van der Waals surface area contributed by atoms with Crippen molar-refractivity contribution in [3.05, 3.63) is 16.1 Å². The van der Waals surface area contributed by atoms with E-state index < -0.39 is 5.54 Å². The quantitative estimate of drug-likeness (QED) is 0.881. The Balaban J connectivity index is 0.00000220. The number of hydrogen-bond acceptors (Lipinski definition) is 5. The predicted octanol–water partition coefficient (Wildman–Crippen LogP) is 1.93. The molecule has 8 heteroatoms. The van der Waals surface area contributed by atoms with E-state index in [1.54, 1.807) is 25.2 Å². The molecule has 2 rings (SSSR count). The van der Waals surface area contributed by atoms with Gasteiger partial charge in [-0.15, -0.1) is 36.2 Å². The van der Waals surface area contributed by atoms with E-state index in [0.29, 0.717) is 0 Å². The molecule has 0 bridgehead atoms. The Kier molecular flexibility index (Phi) is 8.87. The Morgan fingerprint density at radius 3 is 2.36 bits per heavy atom. The topological polar surface area (TPSA) is 62.5 Å². The summed E-state index contributed by atoms with van der Waals surface area (Å²) in [6, 6.07) is 0. The maximum Gasteiger partial charge on any atom is 0.242 e. The Bertz CT molecular complexity index is 468. The van der Waals surface area contributed by atoms with Crippen molar-refractivity contribution >= 4 is 42.1 Å². The highest BCUT2D eigenvalue weighted by Gasteiger charge is 2.30. The summed E-state index contributed by atoms with van der Waals surface area (Å²) < 4.78 is 0. The standard InChI is InChI=1S/C14H24N4OS.2ClH/c1-4-12-16-11(10-20-12)9-17-5-7-18(8-6-17)13(19)14(2,3)15;;/h10H,4-9,15H2,1-3H3;2*1H. The molecule has 0 atom stereocenters. The van der Waals surface area contributed by atoms with Crippen LogP contribution in [0, 0.1) is 0 Å². The number of nitrogens with two attached hydrogens (primary N) is 1. The Hall–Kier alpha value is -0.400. The van der Waals surface area contributed by atoms with Gasteiger partial charge < -0.3 is 10.6 Å². The molecule has 0 unspecified atom stereocenters. The number of rotatable bonds is 4. The van der Waals surface area contributed by atoms with E-state index in [1.807, 2.05) is 4.90 Å². The largest absolute Gasteiger partial charge is 0.339 e. The van der Waals surface area contributed by atoms with Gasteiger partial charge in [-0.25, -0.2) is 4.98 Å². The van der Waals surface area contributed by atoms with Crippen molar-refractivity contribution in [3.63, 3.8) is 0 Å². The molecule has 22 heavy (non-hydrogen) atoms. The van der Waals surface area contributed by atoms with Crippen LogP contribution >= 0.6 is 36.2 Å². The van der Waals surface area contributed by atoms with Crippen molar-refractivity contribution in [2.75, 3.05) is 26.2 Å². The van der Waals surface area contributed by atoms with Crippen LogP contribution in [0.3, 0.4) is 0 Å². The van der Waals surface area contributed by atoms with Crippen LogP contribution in [0.25, 0.3) is 0 Å². The average Bonchev–Trinajstić information content (AvgIpc) is 2.85. The lowest BCUT2D eigenvalue weighted by Gasteiger charge is -2.37. The zero-order valence-electron chi connectivity index (χ0n) is 13.4. The van der Waals surface area contributed by atoms with Crippen LogP contribution in [0.4, 0.5) is 0 Å². The van der Waals surface area contributed by atoms with E-state index in [0.717, 1.165) is 44.8 Å². The molecule has 2 heterocycles. The minimum Gasteiger partial charge on any atom is -0.339 e. The molecule has 1 saturated heterocycles. The summed E-state index contributed by atoms with van der Waals surface area (Å²) in [6.07, 6.45) is 0.999. The third kappa shape index (κ3) is 5.66. The first-order valence-electron chi connectivity index (χ1n) is 7.14. The van der Waals surface area contributed by atoms with Gasteiger partial charge in [-0.1, -0.05) is 6.92 Å². The molecule has 2 N–H and O–H groups in total. The smallest absolute Gasteiger partial charge is 0.242 e. The van der Waals surface area contributed by atoms with Gasteiger partial charge in [0, 0.05) is 38.1 Å². The minimum atomic E-state index is -0.771. The maximum atomic E-state index is 12.1. The summed E-state index contributed by atoms with van der Waals surface area (Å²) in [4.78, 5) is 20.9. The number of hydrogen-bond donors (Lipinski definition) is 1. The monoisotopic (exact) mass is 368 g/mol. The average molecular weight is 369 g/mol. The number of nitrogens with zero attached hydrogens (tertiary/aromatic N) is 3. The normalized spacial score (nSPS) is 15.9. The van der Waals surface area contributed by atoms with Crippen molar-refractivity contribution in [1.29, 1.82) is 0 Å². The summed E-state index contributed by atoms with van der Waals surface area (Å²) in [5.41, 5.74) is 6.25. The third-order valence-electron chi connectivity index (χ3n) is 3.50. The van der Waals surface area contributed by atoms with Crippen LogP contribution in [0.2, 0.25) is 0 Å². The summed E-state index contributed by atoms with van der Waals surface area (Å²) in [5.74, 6) is 0.0408. The zero-order valence-corrected chi connectivity index (χ0v) is 15.8. The Morgan fingerprint density at radius 2 is 1.91 bits per heavy atom. The number of carbonyl (C=O) groups is 1. The predicted molar refractivity (Wildman–Crippen MR) is 96.1 cm³/mol. The van der Waals surface area contributed by atoms with Gasteiger partial charge in [0.05, 0.1) is 16.2 Å². The van der Waals surface area contributed by atoms with Gasteiger partial charge in [0.1, 0.15) is 0 Å². The lowest BCUT2D eigenvalue weighted by atomic mass is 10.0. The van der Waals surface area contributed by atoms with E-state index in [2.05, 4.69) is 22.2 Å². The van der Waals surface area contributed by atoms with E-state index in [1.165, 1.54) is 5.01 Å². The fourth-order valence-corrected chi connectivity index (χ4v) is 3.07. The van der Waals surface area contributed by atoms with Gasteiger partial charge in [0.15, 0.2) is 0 Å². The van der Waals surface area contributed by atoms with Crippen molar-refractivity contribution in [3.8, 4) is 0 Å². The first kappa shape index (κ1) is 21.6. The van der Waals surface area contributed by atoms with Gasteiger partial charge in [0.2, 0.25) is 5.91 Å². The van der Waals surface area contributed by atoms with E-state index in [4.69, 9.17) is 5.73 Å². The molecule has 1 aliphatic heterocycles. The molecular formula is C14H26Cl2N4OS. The first-order chi connectivity index (χ1) is 9.40. The number of aromatic nitrogens is 1.